The number of ether oxygens (including phenoxy) is 1. The smallest absolute Gasteiger partial charge is 0.416 e. The van der Waals surface area contributed by atoms with Crippen molar-refractivity contribution in [2.45, 2.75) is 68.9 Å². The van der Waals surface area contributed by atoms with E-state index in [0.29, 0.717) is 50.8 Å². The van der Waals surface area contributed by atoms with Gasteiger partial charge in [-0.25, -0.2) is 8.42 Å². The molecule has 0 saturated carbocycles. The maximum atomic E-state index is 13.5. The summed E-state index contributed by atoms with van der Waals surface area (Å²) in [6.07, 6.45) is -3.62. The highest BCUT2D eigenvalue weighted by Crippen LogP contribution is 2.33. The van der Waals surface area contributed by atoms with Gasteiger partial charge in [-0.2, -0.15) is 17.5 Å². The Labute approximate surface area is 245 Å². The highest BCUT2D eigenvalue weighted by Gasteiger charge is 2.38. The van der Waals surface area contributed by atoms with Crippen molar-refractivity contribution in [2.24, 2.45) is 5.73 Å². The standard InChI is InChI=1S/C31H36F3N3O4S/c1-22(2)37(42(39,40)28-10-6-9-25(20-28)31(32,33)34)26-15-17-36(18-16-26)30(38)29(35)19-23-11-13-27(14-12-23)41-21-24-7-4-3-5-8-24/h3-14,20,22,26,29H,15-19,21,35H2,1-2H3. The first-order valence-electron chi connectivity index (χ1n) is 13.9. The first-order valence-corrected chi connectivity index (χ1v) is 15.3. The number of carbonyl (C=O) groups is 1. The predicted octanol–water partition coefficient (Wildman–Crippen LogP) is 5.24. The Kier molecular flexibility index (Phi) is 9.96. The lowest BCUT2D eigenvalue weighted by atomic mass is 10.0. The minimum atomic E-state index is -4.66. The number of alkyl halides is 3. The van der Waals surface area contributed by atoms with Crippen LogP contribution in [-0.2, 0) is 34.0 Å². The summed E-state index contributed by atoms with van der Waals surface area (Å²) in [5.41, 5.74) is 7.20. The van der Waals surface area contributed by atoms with Crippen LogP contribution in [0.15, 0.2) is 83.8 Å². The van der Waals surface area contributed by atoms with Gasteiger partial charge >= 0.3 is 6.18 Å². The normalized spacial score (nSPS) is 15.7. The summed E-state index contributed by atoms with van der Waals surface area (Å²) in [5, 5.41) is 0. The van der Waals surface area contributed by atoms with Gasteiger partial charge < -0.3 is 15.4 Å². The first-order chi connectivity index (χ1) is 19.9. The summed E-state index contributed by atoms with van der Waals surface area (Å²) < 4.78 is 73.7. The fourth-order valence-electron chi connectivity index (χ4n) is 5.23. The van der Waals surface area contributed by atoms with Crippen molar-refractivity contribution < 1.29 is 31.1 Å². The number of hydrogen-bond donors (Lipinski definition) is 1. The van der Waals surface area contributed by atoms with Crippen LogP contribution in [0.3, 0.4) is 0 Å². The van der Waals surface area contributed by atoms with Crippen LogP contribution in [0.4, 0.5) is 13.2 Å². The number of nitrogens with two attached hydrogens (primary N) is 1. The van der Waals surface area contributed by atoms with E-state index in [1.807, 2.05) is 54.6 Å². The van der Waals surface area contributed by atoms with Gasteiger partial charge in [-0.15, -0.1) is 0 Å². The molecule has 1 heterocycles. The van der Waals surface area contributed by atoms with Crippen molar-refractivity contribution in [3.8, 4) is 5.75 Å². The van der Waals surface area contributed by atoms with Crippen molar-refractivity contribution in [1.29, 1.82) is 0 Å². The molecule has 0 aliphatic carbocycles. The zero-order valence-corrected chi connectivity index (χ0v) is 24.4. The SMILES string of the molecule is CC(C)N(C1CCN(C(=O)C(N)Cc2ccc(OCc3ccccc3)cc2)CC1)S(=O)(=O)c1cccc(C(F)(F)F)c1. The van der Waals surface area contributed by atoms with E-state index >= 15 is 0 Å². The Hall–Kier alpha value is -3.41. The molecular weight excluding hydrogens is 567 g/mol. The van der Waals surface area contributed by atoms with Crippen LogP contribution in [0.2, 0.25) is 0 Å². The molecule has 1 unspecified atom stereocenters. The van der Waals surface area contributed by atoms with E-state index in [-0.39, 0.29) is 5.91 Å². The summed E-state index contributed by atoms with van der Waals surface area (Å²) in [5.74, 6) is 0.481. The molecule has 7 nitrogen and oxygen atoms in total. The molecule has 11 heteroatoms. The van der Waals surface area contributed by atoms with Gasteiger partial charge in [0.25, 0.3) is 0 Å². The lowest BCUT2D eigenvalue weighted by Crippen LogP contribution is -2.53. The Bertz CT molecular complexity index is 1440. The zero-order valence-electron chi connectivity index (χ0n) is 23.6. The molecule has 0 radical (unpaired) electrons. The molecule has 1 amide bonds. The maximum absolute atomic E-state index is 13.5. The molecule has 1 atom stereocenters. The van der Waals surface area contributed by atoms with Crippen LogP contribution in [0.25, 0.3) is 0 Å². The monoisotopic (exact) mass is 603 g/mol. The molecule has 1 fully saturated rings. The van der Waals surface area contributed by atoms with Crippen LogP contribution >= 0.6 is 0 Å². The van der Waals surface area contributed by atoms with Crippen LogP contribution in [0.1, 0.15) is 43.4 Å². The largest absolute Gasteiger partial charge is 0.489 e. The molecule has 4 rings (SSSR count). The number of halogens is 3. The third-order valence-corrected chi connectivity index (χ3v) is 9.45. The van der Waals surface area contributed by atoms with Gasteiger partial charge in [-0.05, 0) is 74.6 Å². The number of nitrogens with zero attached hydrogens (tertiary/aromatic N) is 2. The highest BCUT2D eigenvalue weighted by molar-refractivity contribution is 7.89. The van der Waals surface area contributed by atoms with Crippen molar-refractivity contribution in [3.05, 3.63) is 95.6 Å². The number of hydrogen-bond acceptors (Lipinski definition) is 5. The van der Waals surface area contributed by atoms with Crippen LogP contribution in [0, 0.1) is 0 Å². The number of amides is 1. The number of piperidine rings is 1. The van der Waals surface area contributed by atoms with Gasteiger partial charge in [0, 0.05) is 25.2 Å². The molecule has 2 N–H and O–H groups in total. The van der Waals surface area contributed by atoms with Crippen LogP contribution in [0.5, 0.6) is 5.75 Å². The van der Waals surface area contributed by atoms with Crippen molar-refractivity contribution in [1.82, 2.24) is 9.21 Å². The molecule has 0 aromatic heterocycles. The van der Waals surface area contributed by atoms with Crippen molar-refractivity contribution in [2.75, 3.05) is 13.1 Å². The van der Waals surface area contributed by atoms with E-state index in [1.54, 1.807) is 18.7 Å². The Morgan fingerprint density at radius 2 is 1.62 bits per heavy atom. The van der Waals surface area contributed by atoms with Gasteiger partial charge in [0.2, 0.25) is 15.9 Å². The Morgan fingerprint density at radius 3 is 2.21 bits per heavy atom. The second-order valence-electron chi connectivity index (χ2n) is 10.7. The van der Waals surface area contributed by atoms with E-state index in [1.165, 1.54) is 10.4 Å². The molecule has 1 aliphatic heterocycles. The van der Waals surface area contributed by atoms with Gasteiger partial charge in [0.1, 0.15) is 12.4 Å². The minimum Gasteiger partial charge on any atom is -0.489 e. The van der Waals surface area contributed by atoms with E-state index < -0.39 is 44.8 Å². The number of sulfonamides is 1. The summed E-state index contributed by atoms with van der Waals surface area (Å²) in [4.78, 5) is 14.4. The molecule has 0 bridgehead atoms. The first kappa shape index (κ1) is 31.5. The van der Waals surface area contributed by atoms with Crippen LogP contribution < -0.4 is 10.5 Å². The summed E-state index contributed by atoms with van der Waals surface area (Å²) in [6.45, 7) is 4.42. The fourth-order valence-corrected chi connectivity index (χ4v) is 7.16. The van der Waals surface area contributed by atoms with Gasteiger partial charge in [0.15, 0.2) is 0 Å². The molecule has 1 aliphatic rings. The fraction of sp³-hybridized carbons (Fsp3) is 0.387. The second kappa shape index (κ2) is 13.3. The van der Waals surface area contributed by atoms with E-state index in [0.717, 1.165) is 23.3 Å². The van der Waals surface area contributed by atoms with Gasteiger partial charge in [-0.3, -0.25) is 4.79 Å². The summed E-state index contributed by atoms with van der Waals surface area (Å²) in [6, 6.07) is 19.3. The molecular formula is C31H36F3N3O4S. The third-order valence-electron chi connectivity index (χ3n) is 7.33. The average molecular weight is 604 g/mol. The molecule has 0 spiro atoms. The lowest BCUT2D eigenvalue weighted by Gasteiger charge is -2.40. The molecule has 3 aromatic rings. The number of rotatable bonds is 10. The molecule has 226 valence electrons. The molecule has 3 aromatic carbocycles. The van der Waals surface area contributed by atoms with Crippen molar-refractivity contribution in [3.63, 3.8) is 0 Å². The highest BCUT2D eigenvalue weighted by atomic mass is 32.2. The second-order valence-corrected chi connectivity index (χ2v) is 12.6. The predicted molar refractivity (Wildman–Crippen MR) is 154 cm³/mol. The summed E-state index contributed by atoms with van der Waals surface area (Å²) >= 11 is 0. The number of carbonyl (C=O) groups excluding carboxylic acids is 1. The lowest BCUT2D eigenvalue weighted by molar-refractivity contribution is -0.137. The van der Waals surface area contributed by atoms with Crippen molar-refractivity contribution >= 4 is 15.9 Å². The molecule has 42 heavy (non-hydrogen) atoms. The molecule has 1 saturated heterocycles. The van der Waals surface area contributed by atoms with E-state index in [2.05, 4.69) is 0 Å². The van der Waals surface area contributed by atoms with Crippen LogP contribution in [-0.4, -0.2) is 54.7 Å². The quantitative estimate of drug-likeness (QED) is 0.342. The average Bonchev–Trinajstić information content (AvgIpc) is 2.96. The number of likely N-dealkylation sites (tertiary alicyclic amines) is 1. The number of benzene rings is 3. The Balaban J connectivity index is 1.34. The van der Waals surface area contributed by atoms with Gasteiger partial charge in [0.05, 0.1) is 16.5 Å². The van der Waals surface area contributed by atoms with Gasteiger partial charge in [-0.1, -0.05) is 48.5 Å². The summed E-state index contributed by atoms with van der Waals surface area (Å²) in [7, 11) is -4.21. The maximum Gasteiger partial charge on any atom is 0.416 e. The van der Waals surface area contributed by atoms with E-state index in [4.69, 9.17) is 10.5 Å². The zero-order chi connectivity index (χ0) is 30.5. The topological polar surface area (TPSA) is 92.9 Å². The van der Waals surface area contributed by atoms with E-state index in [9.17, 15) is 26.4 Å². The minimum absolute atomic E-state index is 0.227. The Morgan fingerprint density at radius 1 is 0.976 bits per heavy atom. The third kappa shape index (κ3) is 7.70.